The predicted molar refractivity (Wildman–Crippen MR) is 119 cm³/mol. The van der Waals surface area contributed by atoms with Gasteiger partial charge in [0.05, 0.1) is 27.4 Å². The molecule has 4 rings (SSSR count). The van der Waals surface area contributed by atoms with Crippen molar-refractivity contribution in [2.75, 3.05) is 21.3 Å². The molecule has 1 amide bonds. The van der Waals surface area contributed by atoms with Crippen LogP contribution in [0, 0.1) is 0 Å². The van der Waals surface area contributed by atoms with Crippen molar-refractivity contribution in [2.24, 2.45) is 0 Å². The van der Waals surface area contributed by atoms with Crippen molar-refractivity contribution in [1.29, 1.82) is 0 Å². The molecule has 0 aliphatic carbocycles. The van der Waals surface area contributed by atoms with Gasteiger partial charge in [-0.25, -0.2) is 4.79 Å². The third kappa shape index (κ3) is 4.33. The zero-order valence-corrected chi connectivity index (χ0v) is 18.3. The molecule has 2 aromatic carbocycles. The van der Waals surface area contributed by atoms with Crippen LogP contribution in [0.15, 0.2) is 48.5 Å². The Morgan fingerprint density at radius 1 is 1.00 bits per heavy atom. The van der Waals surface area contributed by atoms with Gasteiger partial charge in [-0.2, -0.15) is 0 Å². The van der Waals surface area contributed by atoms with E-state index in [-0.39, 0.29) is 18.2 Å². The summed E-state index contributed by atoms with van der Waals surface area (Å²) in [6, 6.07) is 13.9. The van der Waals surface area contributed by atoms with E-state index < -0.39 is 0 Å². The van der Waals surface area contributed by atoms with E-state index in [1.54, 1.807) is 21.3 Å². The first kappa shape index (κ1) is 21.1. The highest BCUT2D eigenvalue weighted by Gasteiger charge is 2.38. The Labute approximate surface area is 183 Å². The largest absolute Gasteiger partial charge is 0.493 e. The first-order valence-corrected chi connectivity index (χ1v) is 10.6. The van der Waals surface area contributed by atoms with Crippen LogP contribution in [0.2, 0.25) is 0 Å². The standard InChI is InChI=1S/C25H29NO5/c1-28-22-14-19(15-23(29-2)24(22)30-3)18-12-20-10-7-11-21(13-18)26(20)25(27)31-16-17-8-5-4-6-9-17/h4-6,8-9,12,14-15,20-21H,7,10-11,13,16H2,1-3H3. The number of hydrogen-bond donors (Lipinski definition) is 0. The summed E-state index contributed by atoms with van der Waals surface area (Å²) >= 11 is 0. The summed E-state index contributed by atoms with van der Waals surface area (Å²) in [6.07, 6.45) is 5.74. The van der Waals surface area contributed by atoms with Crippen molar-refractivity contribution in [1.82, 2.24) is 4.90 Å². The fourth-order valence-electron chi connectivity index (χ4n) is 4.59. The van der Waals surface area contributed by atoms with Gasteiger partial charge < -0.3 is 18.9 Å². The van der Waals surface area contributed by atoms with Crippen molar-refractivity contribution >= 4 is 11.7 Å². The normalized spacial score (nSPS) is 20.0. The van der Waals surface area contributed by atoms with Gasteiger partial charge >= 0.3 is 6.09 Å². The van der Waals surface area contributed by atoms with Crippen LogP contribution < -0.4 is 14.2 Å². The highest BCUT2D eigenvalue weighted by atomic mass is 16.6. The van der Waals surface area contributed by atoms with Crippen LogP contribution in [0.25, 0.3) is 5.57 Å². The van der Waals surface area contributed by atoms with Crippen LogP contribution in [0.1, 0.15) is 36.8 Å². The van der Waals surface area contributed by atoms with E-state index in [2.05, 4.69) is 6.08 Å². The number of amides is 1. The third-order valence-electron chi connectivity index (χ3n) is 6.09. The Bertz CT molecular complexity index is 931. The van der Waals surface area contributed by atoms with Gasteiger partial charge in [-0.1, -0.05) is 36.4 Å². The molecule has 2 atom stereocenters. The third-order valence-corrected chi connectivity index (χ3v) is 6.09. The number of hydrogen-bond acceptors (Lipinski definition) is 5. The number of carbonyl (C=O) groups is 1. The number of piperidine rings is 1. The lowest BCUT2D eigenvalue weighted by atomic mass is 9.83. The van der Waals surface area contributed by atoms with Crippen LogP contribution in [0.5, 0.6) is 17.2 Å². The molecule has 31 heavy (non-hydrogen) atoms. The van der Waals surface area contributed by atoms with Gasteiger partial charge in [0.25, 0.3) is 0 Å². The van der Waals surface area contributed by atoms with Gasteiger partial charge in [0.1, 0.15) is 6.61 Å². The lowest BCUT2D eigenvalue weighted by Crippen LogP contribution is -2.51. The molecule has 1 saturated heterocycles. The quantitative estimate of drug-likeness (QED) is 0.650. The monoisotopic (exact) mass is 423 g/mol. The molecule has 2 aliphatic rings. The number of benzene rings is 2. The molecule has 0 aromatic heterocycles. The van der Waals surface area contributed by atoms with Crippen LogP contribution in [0.3, 0.4) is 0 Å². The van der Waals surface area contributed by atoms with Gasteiger partial charge in [-0.05, 0) is 54.5 Å². The van der Waals surface area contributed by atoms with E-state index in [1.165, 1.54) is 5.57 Å². The van der Waals surface area contributed by atoms with Gasteiger partial charge in [0.15, 0.2) is 11.5 Å². The number of methoxy groups -OCH3 is 3. The molecule has 1 fully saturated rings. The average Bonchev–Trinajstić information content (AvgIpc) is 2.81. The van der Waals surface area contributed by atoms with E-state index in [1.807, 2.05) is 47.4 Å². The van der Waals surface area contributed by atoms with E-state index in [0.29, 0.717) is 23.9 Å². The zero-order valence-electron chi connectivity index (χ0n) is 18.3. The Kier molecular flexibility index (Phi) is 6.35. The number of rotatable bonds is 6. The lowest BCUT2D eigenvalue weighted by Gasteiger charge is -2.44. The SMILES string of the molecule is COc1cc(C2=CC3CCCC(C2)N3C(=O)OCc2ccccc2)cc(OC)c1OC. The van der Waals surface area contributed by atoms with E-state index in [4.69, 9.17) is 18.9 Å². The van der Waals surface area contributed by atoms with Crippen molar-refractivity contribution in [3.05, 3.63) is 59.7 Å². The molecule has 6 nitrogen and oxygen atoms in total. The van der Waals surface area contributed by atoms with E-state index in [0.717, 1.165) is 36.8 Å². The molecule has 2 unspecified atom stereocenters. The molecule has 2 bridgehead atoms. The minimum atomic E-state index is -0.237. The summed E-state index contributed by atoms with van der Waals surface area (Å²) < 4.78 is 22.1. The van der Waals surface area contributed by atoms with Gasteiger partial charge in [-0.15, -0.1) is 0 Å². The summed E-state index contributed by atoms with van der Waals surface area (Å²) in [4.78, 5) is 14.9. The summed E-state index contributed by atoms with van der Waals surface area (Å²) in [5, 5.41) is 0. The summed E-state index contributed by atoms with van der Waals surface area (Å²) in [7, 11) is 4.84. The first-order valence-electron chi connectivity index (χ1n) is 10.6. The predicted octanol–water partition coefficient (Wildman–Crippen LogP) is 5.06. The van der Waals surface area contributed by atoms with Crippen molar-refractivity contribution in [2.45, 2.75) is 44.4 Å². The van der Waals surface area contributed by atoms with Crippen LogP contribution in [0.4, 0.5) is 4.79 Å². The molecule has 164 valence electrons. The molecule has 6 heteroatoms. The number of nitrogens with zero attached hydrogens (tertiary/aromatic N) is 1. The second kappa shape index (κ2) is 9.33. The molecule has 0 N–H and O–H groups in total. The van der Waals surface area contributed by atoms with Gasteiger partial charge in [-0.3, -0.25) is 4.90 Å². The van der Waals surface area contributed by atoms with Crippen molar-refractivity contribution < 1.29 is 23.7 Å². The number of carbonyl (C=O) groups excluding carboxylic acids is 1. The maximum Gasteiger partial charge on any atom is 0.410 e. The van der Waals surface area contributed by atoms with Gasteiger partial charge in [0, 0.05) is 6.04 Å². The maximum absolute atomic E-state index is 12.9. The second-order valence-electron chi connectivity index (χ2n) is 7.91. The maximum atomic E-state index is 12.9. The first-order chi connectivity index (χ1) is 15.1. The smallest absolute Gasteiger partial charge is 0.410 e. The molecular weight excluding hydrogens is 394 g/mol. The van der Waals surface area contributed by atoms with E-state index >= 15 is 0 Å². The van der Waals surface area contributed by atoms with Crippen LogP contribution >= 0.6 is 0 Å². The topological polar surface area (TPSA) is 57.2 Å². The summed E-state index contributed by atoms with van der Waals surface area (Å²) in [5.41, 5.74) is 3.22. The Morgan fingerprint density at radius 3 is 2.32 bits per heavy atom. The van der Waals surface area contributed by atoms with Crippen LogP contribution in [-0.2, 0) is 11.3 Å². The fraction of sp³-hybridized carbons (Fsp3) is 0.400. The zero-order chi connectivity index (χ0) is 21.8. The molecular formula is C25H29NO5. The minimum absolute atomic E-state index is 0.0323. The Hall–Kier alpha value is -3.15. The summed E-state index contributed by atoms with van der Waals surface area (Å²) in [6.45, 7) is 0.291. The minimum Gasteiger partial charge on any atom is -0.493 e. The van der Waals surface area contributed by atoms with Gasteiger partial charge in [0.2, 0.25) is 5.75 Å². The Balaban J connectivity index is 1.56. The van der Waals surface area contributed by atoms with Crippen molar-refractivity contribution in [3.8, 4) is 17.2 Å². The fourth-order valence-corrected chi connectivity index (χ4v) is 4.59. The lowest BCUT2D eigenvalue weighted by molar-refractivity contribution is 0.0510. The number of ether oxygens (including phenoxy) is 4. The molecule has 2 aliphatic heterocycles. The average molecular weight is 424 g/mol. The molecule has 0 spiro atoms. The molecule has 2 heterocycles. The molecule has 2 aromatic rings. The highest BCUT2D eigenvalue weighted by molar-refractivity contribution is 5.76. The molecule has 0 radical (unpaired) electrons. The van der Waals surface area contributed by atoms with Crippen molar-refractivity contribution in [3.63, 3.8) is 0 Å². The second-order valence-corrected chi connectivity index (χ2v) is 7.91. The van der Waals surface area contributed by atoms with Crippen LogP contribution in [-0.4, -0.2) is 44.4 Å². The molecule has 0 saturated carbocycles. The summed E-state index contributed by atoms with van der Waals surface area (Å²) in [5.74, 6) is 1.84. The highest BCUT2D eigenvalue weighted by Crippen LogP contribution is 2.43. The number of fused-ring (bicyclic) bond motifs is 2. The Morgan fingerprint density at radius 2 is 1.71 bits per heavy atom. The van der Waals surface area contributed by atoms with E-state index in [9.17, 15) is 4.79 Å².